The molecular weight excluding hydrogens is 496 g/mol. The standard InChI is InChI=1S/C31H38N2O6/c1-17(2)5-6-19-24(34)14-25(35)26-27(36)22-13-20-21(15-33-11-9-32-10-12-33)23-16-38-30(29(20)37,8-7-18(3)4)31(22,23)39-28(19)26/h5,7,13-14,20-21,23,32,34-35H,6,8-12,15-16H2,1-4H3/t20-,21+,23-,30?,31-/m1/s1. The Kier molecular flexibility index (Phi) is 6.28. The molecule has 5 atom stereocenters. The number of ketones is 2. The highest BCUT2D eigenvalue weighted by molar-refractivity contribution is 6.18. The smallest absolute Gasteiger partial charge is 0.200 e. The monoisotopic (exact) mass is 534 g/mol. The van der Waals surface area contributed by atoms with E-state index in [0.717, 1.165) is 43.9 Å². The summed E-state index contributed by atoms with van der Waals surface area (Å²) in [5.41, 5.74) is 0.324. The van der Waals surface area contributed by atoms with Gasteiger partial charge in [0.2, 0.25) is 0 Å². The van der Waals surface area contributed by atoms with Crippen LogP contribution in [0.25, 0.3) is 0 Å². The summed E-state index contributed by atoms with van der Waals surface area (Å²) in [6.07, 6.45) is 6.38. The van der Waals surface area contributed by atoms with Gasteiger partial charge in [0.15, 0.2) is 22.8 Å². The minimum atomic E-state index is -1.34. The first-order valence-electron chi connectivity index (χ1n) is 14.0. The van der Waals surface area contributed by atoms with Gasteiger partial charge in [-0.3, -0.25) is 9.59 Å². The number of carbonyl (C=O) groups is 2. The lowest BCUT2D eigenvalue weighted by Gasteiger charge is -2.59. The summed E-state index contributed by atoms with van der Waals surface area (Å²) in [4.78, 5) is 31.0. The van der Waals surface area contributed by atoms with E-state index in [1.165, 1.54) is 6.07 Å². The Hall–Kier alpha value is -2.94. The molecular formula is C31H38N2O6. The van der Waals surface area contributed by atoms with Crippen LogP contribution in [-0.4, -0.2) is 77.2 Å². The fourth-order valence-corrected chi connectivity index (χ4v) is 7.42. The van der Waals surface area contributed by atoms with Gasteiger partial charge in [0.1, 0.15) is 22.8 Å². The highest BCUT2D eigenvalue weighted by Crippen LogP contribution is 2.65. The van der Waals surface area contributed by atoms with Crippen LogP contribution < -0.4 is 10.1 Å². The van der Waals surface area contributed by atoms with Gasteiger partial charge in [-0.1, -0.05) is 29.4 Å². The second-order valence-corrected chi connectivity index (χ2v) is 12.2. The lowest BCUT2D eigenvalue weighted by atomic mass is 9.49. The molecule has 2 saturated heterocycles. The van der Waals surface area contributed by atoms with E-state index in [4.69, 9.17) is 9.47 Å². The number of ether oxygens (including phenoxy) is 2. The Balaban J connectivity index is 1.55. The average Bonchev–Trinajstić information content (AvgIpc) is 3.17. The number of phenolic OH excluding ortho intramolecular Hbond substituents is 2. The SMILES string of the molecule is CC(C)=CCc1c(O)cc(O)c2c1O[C@@]13C(=C[C@H]4C(=O)C1(CC=C(C)C)OC[C@@H]3[C@H]4CN1CCNCC1)C2=O. The zero-order chi connectivity index (χ0) is 27.7. The van der Waals surface area contributed by atoms with Gasteiger partial charge in [-0.25, -0.2) is 0 Å². The number of rotatable bonds is 6. The summed E-state index contributed by atoms with van der Waals surface area (Å²) in [6, 6.07) is 1.22. The molecule has 4 bridgehead atoms. The van der Waals surface area contributed by atoms with Crippen LogP contribution in [0.2, 0.25) is 0 Å². The summed E-state index contributed by atoms with van der Waals surface area (Å²) in [5.74, 6) is -1.43. The Morgan fingerprint density at radius 3 is 2.51 bits per heavy atom. The quantitative estimate of drug-likeness (QED) is 0.477. The van der Waals surface area contributed by atoms with E-state index in [0.29, 0.717) is 30.6 Å². The highest BCUT2D eigenvalue weighted by Gasteiger charge is 2.79. The molecule has 3 fully saturated rings. The number of nitrogens with one attached hydrogen (secondary N) is 1. The van der Waals surface area contributed by atoms with Crippen molar-refractivity contribution in [2.45, 2.75) is 51.7 Å². The third-order valence-electron chi connectivity index (χ3n) is 9.32. The Morgan fingerprint density at radius 2 is 1.82 bits per heavy atom. The summed E-state index contributed by atoms with van der Waals surface area (Å²) in [6.45, 7) is 12.5. The van der Waals surface area contributed by atoms with Crippen LogP contribution in [0.3, 0.4) is 0 Å². The molecule has 0 amide bonds. The van der Waals surface area contributed by atoms with E-state index < -0.39 is 17.1 Å². The Bertz CT molecular complexity index is 1330. The zero-order valence-corrected chi connectivity index (χ0v) is 23.2. The Morgan fingerprint density at radius 1 is 1.10 bits per heavy atom. The minimum Gasteiger partial charge on any atom is -0.507 e. The molecule has 1 spiro atoms. The first kappa shape index (κ1) is 26.3. The van der Waals surface area contributed by atoms with Crippen LogP contribution in [0.4, 0.5) is 0 Å². The van der Waals surface area contributed by atoms with Crippen LogP contribution in [0.5, 0.6) is 17.2 Å². The van der Waals surface area contributed by atoms with Gasteiger partial charge in [-0.05, 0) is 40.0 Å². The number of fused-ring (bicyclic) bond motifs is 1. The second-order valence-electron chi connectivity index (χ2n) is 12.2. The number of allylic oxidation sites excluding steroid dienone is 4. The van der Waals surface area contributed by atoms with E-state index in [1.54, 1.807) is 0 Å². The molecule has 8 heteroatoms. The third-order valence-corrected chi connectivity index (χ3v) is 9.32. The number of carbonyl (C=O) groups excluding carboxylic acids is 2. The van der Waals surface area contributed by atoms with E-state index in [9.17, 15) is 19.8 Å². The second kappa shape index (κ2) is 9.32. The molecule has 0 aromatic heterocycles. The molecule has 1 aromatic rings. The number of Topliss-reactive ketones (excluding diaryl/α,β-unsaturated/α-hetero) is 2. The minimum absolute atomic E-state index is 0.0379. The van der Waals surface area contributed by atoms with Gasteiger partial charge in [0.25, 0.3) is 0 Å². The van der Waals surface area contributed by atoms with Crippen molar-refractivity contribution in [3.05, 3.63) is 52.1 Å². The van der Waals surface area contributed by atoms with E-state index in [-0.39, 0.29) is 46.2 Å². The Labute approximate surface area is 229 Å². The topological polar surface area (TPSA) is 108 Å². The average molecular weight is 535 g/mol. The van der Waals surface area contributed by atoms with Gasteiger partial charge in [-0.15, -0.1) is 0 Å². The maximum atomic E-state index is 14.4. The molecule has 3 aliphatic heterocycles. The summed E-state index contributed by atoms with van der Waals surface area (Å²) >= 11 is 0. The van der Waals surface area contributed by atoms with E-state index >= 15 is 0 Å². The fraction of sp³-hybridized carbons (Fsp3) is 0.548. The molecule has 3 N–H and O–H groups in total. The van der Waals surface area contributed by atoms with Crippen LogP contribution in [0.1, 0.15) is 50.0 Å². The summed E-state index contributed by atoms with van der Waals surface area (Å²) in [7, 11) is 0. The van der Waals surface area contributed by atoms with Gasteiger partial charge < -0.3 is 29.9 Å². The number of nitrogens with zero attached hydrogens (tertiary/aromatic N) is 1. The molecule has 3 aliphatic carbocycles. The maximum absolute atomic E-state index is 14.4. The van der Waals surface area contributed by atoms with Crippen molar-refractivity contribution in [2.75, 3.05) is 39.3 Å². The van der Waals surface area contributed by atoms with Crippen LogP contribution in [0.15, 0.2) is 41.0 Å². The van der Waals surface area contributed by atoms with Crippen LogP contribution in [-0.2, 0) is 16.0 Å². The van der Waals surface area contributed by atoms with Gasteiger partial charge in [-0.2, -0.15) is 0 Å². The third kappa shape index (κ3) is 3.68. The molecule has 6 aliphatic rings. The maximum Gasteiger partial charge on any atom is 0.200 e. The molecule has 39 heavy (non-hydrogen) atoms. The van der Waals surface area contributed by atoms with E-state index in [2.05, 4.69) is 10.2 Å². The predicted molar refractivity (Wildman–Crippen MR) is 146 cm³/mol. The number of phenols is 2. The molecule has 0 radical (unpaired) electrons. The number of hydrogen-bond acceptors (Lipinski definition) is 8. The van der Waals surface area contributed by atoms with Crippen molar-refractivity contribution >= 4 is 11.6 Å². The largest absolute Gasteiger partial charge is 0.507 e. The molecule has 1 unspecified atom stereocenters. The number of hydrogen-bond donors (Lipinski definition) is 3. The first-order chi connectivity index (χ1) is 18.6. The van der Waals surface area contributed by atoms with Crippen molar-refractivity contribution in [3.8, 4) is 17.2 Å². The zero-order valence-electron chi connectivity index (χ0n) is 23.2. The van der Waals surface area contributed by atoms with E-state index in [1.807, 2.05) is 45.9 Å². The summed E-state index contributed by atoms with van der Waals surface area (Å²) in [5, 5.41) is 25.1. The molecule has 3 heterocycles. The highest BCUT2D eigenvalue weighted by atomic mass is 16.6. The summed E-state index contributed by atoms with van der Waals surface area (Å²) < 4.78 is 13.5. The van der Waals surface area contributed by atoms with Crippen molar-refractivity contribution in [1.29, 1.82) is 0 Å². The number of piperazine rings is 1. The molecule has 7 rings (SSSR count). The molecule has 8 nitrogen and oxygen atoms in total. The van der Waals surface area contributed by atoms with Crippen molar-refractivity contribution < 1.29 is 29.3 Å². The lowest BCUT2D eigenvalue weighted by Crippen LogP contribution is -2.74. The molecule has 1 saturated carbocycles. The normalized spacial score (nSPS) is 32.7. The molecule has 1 aromatic carbocycles. The predicted octanol–water partition coefficient (Wildman–Crippen LogP) is 3.32. The van der Waals surface area contributed by atoms with Crippen molar-refractivity contribution in [3.63, 3.8) is 0 Å². The molecule has 208 valence electrons. The van der Waals surface area contributed by atoms with Crippen LogP contribution in [0, 0.1) is 17.8 Å². The van der Waals surface area contributed by atoms with Crippen molar-refractivity contribution in [1.82, 2.24) is 10.2 Å². The van der Waals surface area contributed by atoms with Gasteiger partial charge in [0, 0.05) is 68.2 Å². The number of benzene rings is 1. The number of aromatic hydroxyl groups is 2. The fourth-order valence-electron chi connectivity index (χ4n) is 7.42. The van der Waals surface area contributed by atoms with Gasteiger partial charge in [0.05, 0.1) is 6.61 Å². The lowest BCUT2D eigenvalue weighted by molar-refractivity contribution is -0.171. The first-order valence-corrected chi connectivity index (χ1v) is 14.0. The van der Waals surface area contributed by atoms with Gasteiger partial charge >= 0.3 is 0 Å². The van der Waals surface area contributed by atoms with Crippen molar-refractivity contribution in [2.24, 2.45) is 17.8 Å². The van der Waals surface area contributed by atoms with Crippen LogP contribution >= 0.6 is 0 Å².